The molecule has 1 amide bonds. The third-order valence-electron chi connectivity index (χ3n) is 2.02. The van der Waals surface area contributed by atoms with Crippen LogP contribution in [0.3, 0.4) is 0 Å². The predicted octanol–water partition coefficient (Wildman–Crippen LogP) is 1.83. The Morgan fingerprint density at radius 3 is 2.94 bits per heavy atom. The molecule has 1 N–H and O–H groups in total. The average molecular weight is 258 g/mol. The van der Waals surface area contributed by atoms with E-state index in [0.717, 1.165) is 5.69 Å². The van der Waals surface area contributed by atoms with Crippen molar-refractivity contribution in [3.63, 3.8) is 0 Å². The molecule has 1 aromatic heterocycles. The van der Waals surface area contributed by atoms with Crippen LogP contribution >= 0.6 is 11.3 Å². The van der Waals surface area contributed by atoms with Crippen LogP contribution in [0.5, 0.6) is 0 Å². The fraction of sp³-hybridized carbons (Fsp3) is 0.636. The standard InChI is InChI=1S/C11H18N2O3S/c1-4-15-5-6-16-9(3)10(14)13-11-12-8(2)7-17-11/h7,9H,4-6H2,1-3H3,(H,12,13,14). The zero-order valence-corrected chi connectivity index (χ0v) is 11.2. The molecule has 0 aliphatic heterocycles. The Morgan fingerprint density at radius 2 is 2.35 bits per heavy atom. The molecule has 1 aromatic rings. The Kier molecular flexibility index (Phi) is 6.10. The van der Waals surface area contributed by atoms with Crippen molar-refractivity contribution in [2.24, 2.45) is 0 Å². The van der Waals surface area contributed by atoms with Crippen molar-refractivity contribution in [3.05, 3.63) is 11.1 Å². The van der Waals surface area contributed by atoms with E-state index in [0.29, 0.717) is 25.0 Å². The lowest BCUT2D eigenvalue weighted by molar-refractivity contribution is -0.127. The maximum absolute atomic E-state index is 11.7. The summed E-state index contributed by atoms with van der Waals surface area (Å²) in [6.07, 6.45) is -0.500. The topological polar surface area (TPSA) is 60.5 Å². The molecular formula is C11H18N2O3S. The Balaban J connectivity index is 2.27. The largest absolute Gasteiger partial charge is 0.379 e. The quantitative estimate of drug-likeness (QED) is 0.758. The zero-order valence-electron chi connectivity index (χ0n) is 10.4. The molecule has 0 aromatic carbocycles. The molecule has 0 saturated heterocycles. The number of carbonyl (C=O) groups excluding carboxylic acids is 1. The number of anilines is 1. The molecule has 1 atom stereocenters. The number of aromatic nitrogens is 1. The number of carbonyl (C=O) groups is 1. The van der Waals surface area contributed by atoms with Gasteiger partial charge in [0.05, 0.1) is 18.9 Å². The fourth-order valence-corrected chi connectivity index (χ4v) is 1.81. The molecule has 1 rings (SSSR count). The second-order valence-corrected chi connectivity index (χ2v) is 4.35. The molecular weight excluding hydrogens is 240 g/mol. The van der Waals surface area contributed by atoms with Gasteiger partial charge < -0.3 is 9.47 Å². The molecule has 0 fully saturated rings. The Bertz CT molecular complexity index is 354. The van der Waals surface area contributed by atoms with Gasteiger partial charge in [-0.3, -0.25) is 10.1 Å². The van der Waals surface area contributed by atoms with Gasteiger partial charge in [0, 0.05) is 12.0 Å². The van der Waals surface area contributed by atoms with Crippen LogP contribution in [0.1, 0.15) is 19.5 Å². The molecule has 1 heterocycles. The van der Waals surface area contributed by atoms with Crippen molar-refractivity contribution in [2.45, 2.75) is 26.9 Å². The summed E-state index contributed by atoms with van der Waals surface area (Å²) in [6, 6.07) is 0. The summed E-state index contributed by atoms with van der Waals surface area (Å²) in [7, 11) is 0. The van der Waals surface area contributed by atoms with Crippen molar-refractivity contribution in [1.29, 1.82) is 0 Å². The number of hydrogen-bond acceptors (Lipinski definition) is 5. The molecule has 0 aliphatic carbocycles. The SMILES string of the molecule is CCOCCOC(C)C(=O)Nc1nc(C)cs1. The van der Waals surface area contributed by atoms with Gasteiger partial charge in [0.25, 0.3) is 5.91 Å². The first-order chi connectivity index (χ1) is 8.13. The number of hydrogen-bond donors (Lipinski definition) is 1. The van der Waals surface area contributed by atoms with Crippen molar-refractivity contribution >= 4 is 22.4 Å². The minimum absolute atomic E-state index is 0.184. The highest BCUT2D eigenvalue weighted by molar-refractivity contribution is 7.13. The van der Waals surface area contributed by atoms with Crippen LogP contribution in [0.4, 0.5) is 5.13 Å². The molecule has 0 saturated carbocycles. The Hall–Kier alpha value is -0.980. The number of aryl methyl sites for hydroxylation is 1. The van der Waals surface area contributed by atoms with Crippen LogP contribution in [0.15, 0.2) is 5.38 Å². The Labute approximate surface area is 105 Å². The van der Waals surface area contributed by atoms with Crippen LogP contribution < -0.4 is 5.32 Å². The summed E-state index contributed by atoms with van der Waals surface area (Å²) < 4.78 is 10.4. The monoisotopic (exact) mass is 258 g/mol. The van der Waals surface area contributed by atoms with Gasteiger partial charge in [-0.1, -0.05) is 0 Å². The van der Waals surface area contributed by atoms with Gasteiger partial charge in [-0.25, -0.2) is 4.98 Å². The van der Waals surface area contributed by atoms with Crippen molar-refractivity contribution in [1.82, 2.24) is 4.98 Å². The third kappa shape index (κ3) is 5.25. The molecule has 0 aliphatic rings. The lowest BCUT2D eigenvalue weighted by atomic mass is 10.4. The fourth-order valence-electron chi connectivity index (χ4n) is 1.12. The molecule has 0 radical (unpaired) electrons. The lowest BCUT2D eigenvalue weighted by Crippen LogP contribution is -2.28. The van der Waals surface area contributed by atoms with Gasteiger partial charge >= 0.3 is 0 Å². The minimum Gasteiger partial charge on any atom is -0.379 e. The number of rotatable bonds is 7. The molecule has 6 heteroatoms. The number of ether oxygens (including phenoxy) is 2. The summed E-state index contributed by atoms with van der Waals surface area (Å²) in [6.45, 7) is 7.09. The molecule has 17 heavy (non-hydrogen) atoms. The molecule has 96 valence electrons. The summed E-state index contributed by atoms with van der Waals surface area (Å²) in [5, 5.41) is 5.20. The molecule has 0 bridgehead atoms. The van der Waals surface area contributed by atoms with E-state index >= 15 is 0 Å². The van der Waals surface area contributed by atoms with E-state index in [1.54, 1.807) is 6.92 Å². The summed E-state index contributed by atoms with van der Waals surface area (Å²) in [4.78, 5) is 15.8. The molecule has 1 unspecified atom stereocenters. The van der Waals surface area contributed by atoms with Crippen LogP contribution in [-0.4, -0.2) is 36.8 Å². The summed E-state index contributed by atoms with van der Waals surface area (Å²) >= 11 is 1.40. The van der Waals surface area contributed by atoms with Gasteiger partial charge in [0.1, 0.15) is 6.10 Å². The van der Waals surface area contributed by atoms with Gasteiger partial charge in [-0.15, -0.1) is 11.3 Å². The predicted molar refractivity (Wildman–Crippen MR) is 67.4 cm³/mol. The van der Waals surface area contributed by atoms with Crippen LogP contribution in [-0.2, 0) is 14.3 Å². The van der Waals surface area contributed by atoms with Crippen molar-refractivity contribution in [3.8, 4) is 0 Å². The second kappa shape index (κ2) is 7.37. The highest BCUT2D eigenvalue weighted by atomic mass is 32.1. The van der Waals surface area contributed by atoms with Gasteiger partial charge in [0.2, 0.25) is 0 Å². The maximum Gasteiger partial charge on any atom is 0.254 e. The third-order valence-corrected chi connectivity index (χ3v) is 2.89. The number of nitrogens with zero attached hydrogens (tertiary/aromatic N) is 1. The highest BCUT2D eigenvalue weighted by Gasteiger charge is 2.14. The smallest absolute Gasteiger partial charge is 0.254 e. The zero-order chi connectivity index (χ0) is 12.7. The summed E-state index contributed by atoms with van der Waals surface area (Å²) in [5.74, 6) is -0.184. The van der Waals surface area contributed by atoms with Gasteiger partial charge in [0.15, 0.2) is 5.13 Å². The first-order valence-corrected chi connectivity index (χ1v) is 6.43. The number of nitrogens with one attached hydrogen (secondary N) is 1. The maximum atomic E-state index is 11.7. The second-order valence-electron chi connectivity index (χ2n) is 3.49. The van der Waals surface area contributed by atoms with Gasteiger partial charge in [-0.2, -0.15) is 0 Å². The minimum atomic E-state index is -0.500. The van der Waals surface area contributed by atoms with E-state index in [-0.39, 0.29) is 5.91 Å². The summed E-state index contributed by atoms with van der Waals surface area (Å²) in [5.41, 5.74) is 0.898. The van der Waals surface area contributed by atoms with Crippen LogP contribution in [0.25, 0.3) is 0 Å². The highest BCUT2D eigenvalue weighted by Crippen LogP contribution is 2.14. The van der Waals surface area contributed by atoms with Crippen molar-refractivity contribution in [2.75, 3.05) is 25.1 Å². The first kappa shape index (κ1) is 14.1. The van der Waals surface area contributed by atoms with E-state index in [1.165, 1.54) is 11.3 Å². The van der Waals surface area contributed by atoms with Crippen molar-refractivity contribution < 1.29 is 14.3 Å². The molecule has 0 spiro atoms. The molecule has 5 nitrogen and oxygen atoms in total. The van der Waals surface area contributed by atoms with E-state index in [1.807, 2.05) is 19.2 Å². The average Bonchev–Trinajstić information content (AvgIpc) is 2.70. The number of thiazole rings is 1. The first-order valence-electron chi connectivity index (χ1n) is 5.55. The van der Waals surface area contributed by atoms with E-state index in [4.69, 9.17) is 9.47 Å². The van der Waals surface area contributed by atoms with E-state index < -0.39 is 6.10 Å². The normalized spacial score (nSPS) is 12.4. The Morgan fingerprint density at radius 1 is 1.59 bits per heavy atom. The number of amides is 1. The van der Waals surface area contributed by atoms with E-state index in [9.17, 15) is 4.79 Å². The van der Waals surface area contributed by atoms with E-state index in [2.05, 4.69) is 10.3 Å². The lowest BCUT2D eigenvalue weighted by Gasteiger charge is -2.11. The van der Waals surface area contributed by atoms with Crippen LogP contribution in [0.2, 0.25) is 0 Å². The van der Waals surface area contributed by atoms with Gasteiger partial charge in [-0.05, 0) is 20.8 Å². The van der Waals surface area contributed by atoms with Crippen LogP contribution in [0, 0.1) is 6.92 Å².